The van der Waals surface area contributed by atoms with Crippen molar-refractivity contribution in [2.24, 2.45) is 0 Å². The minimum atomic E-state index is -3.70. The Morgan fingerprint density at radius 3 is 2.82 bits per heavy atom. The van der Waals surface area contributed by atoms with Crippen molar-refractivity contribution in [3.05, 3.63) is 23.5 Å². The van der Waals surface area contributed by atoms with Gasteiger partial charge in [-0.3, -0.25) is 4.98 Å². The largest absolute Gasteiger partial charge is 0.263 e. The predicted octanol–water partition coefficient (Wildman–Crippen LogP) is 1.66. The summed E-state index contributed by atoms with van der Waals surface area (Å²) in [6.45, 7) is 1.66. The van der Waals surface area contributed by atoms with E-state index in [1.165, 1.54) is 25.5 Å². The van der Waals surface area contributed by atoms with E-state index in [1.54, 1.807) is 6.92 Å². The first-order chi connectivity index (χ1) is 7.91. The molecule has 5 nitrogen and oxygen atoms in total. The number of nitriles is 1. The Morgan fingerprint density at radius 2 is 2.29 bits per heavy atom. The highest BCUT2D eigenvalue weighted by atomic mass is 35.5. The normalized spacial score (nSPS) is 13.4. The molecule has 0 saturated heterocycles. The fraction of sp³-hybridized carbons (Fsp3) is 0.400. The molecular weight excluding hydrogens is 262 g/mol. The van der Waals surface area contributed by atoms with E-state index in [9.17, 15) is 8.42 Å². The molecule has 7 heteroatoms. The van der Waals surface area contributed by atoms with Gasteiger partial charge in [0.15, 0.2) is 0 Å². The van der Waals surface area contributed by atoms with E-state index in [-0.39, 0.29) is 16.3 Å². The summed E-state index contributed by atoms with van der Waals surface area (Å²) in [5.74, 6) is 0. The molecule has 1 aromatic rings. The lowest BCUT2D eigenvalue weighted by Gasteiger charge is -2.22. The predicted molar refractivity (Wildman–Crippen MR) is 63.9 cm³/mol. The zero-order chi connectivity index (χ0) is 13.1. The number of hydrogen-bond donors (Lipinski definition) is 0. The molecule has 1 heterocycles. The zero-order valence-corrected chi connectivity index (χ0v) is 11.0. The molecule has 0 aromatic carbocycles. The third kappa shape index (κ3) is 2.94. The van der Waals surface area contributed by atoms with Gasteiger partial charge in [-0.15, -0.1) is 0 Å². The maximum atomic E-state index is 12.2. The van der Waals surface area contributed by atoms with E-state index in [2.05, 4.69) is 4.98 Å². The number of pyridine rings is 1. The number of halogens is 1. The second-order valence-electron chi connectivity index (χ2n) is 3.54. The maximum Gasteiger partial charge on any atom is 0.246 e. The van der Waals surface area contributed by atoms with Crippen LogP contribution in [0.4, 0.5) is 0 Å². The molecule has 0 bridgehead atoms. The molecule has 0 N–H and O–H groups in total. The van der Waals surface area contributed by atoms with Crippen LogP contribution >= 0.6 is 11.6 Å². The summed E-state index contributed by atoms with van der Waals surface area (Å²) in [5, 5.41) is 8.69. The second kappa shape index (κ2) is 5.45. The smallest absolute Gasteiger partial charge is 0.246 e. The van der Waals surface area contributed by atoms with Crippen molar-refractivity contribution in [2.75, 3.05) is 7.05 Å². The number of nitrogens with zero attached hydrogens (tertiary/aromatic N) is 3. The summed E-state index contributed by atoms with van der Waals surface area (Å²) >= 11 is 5.82. The first kappa shape index (κ1) is 13.9. The molecule has 1 aromatic heterocycles. The van der Waals surface area contributed by atoms with Crippen molar-refractivity contribution in [3.63, 3.8) is 0 Å². The van der Waals surface area contributed by atoms with Crippen LogP contribution in [0.3, 0.4) is 0 Å². The highest BCUT2D eigenvalue weighted by Gasteiger charge is 2.27. The van der Waals surface area contributed by atoms with Crippen LogP contribution in [-0.2, 0) is 10.0 Å². The summed E-state index contributed by atoms with van der Waals surface area (Å²) < 4.78 is 25.4. The van der Waals surface area contributed by atoms with Gasteiger partial charge in [-0.2, -0.15) is 9.57 Å². The van der Waals surface area contributed by atoms with E-state index >= 15 is 0 Å². The van der Waals surface area contributed by atoms with Crippen LogP contribution in [0.2, 0.25) is 5.02 Å². The average molecular weight is 274 g/mol. The van der Waals surface area contributed by atoms with Gasteiger partial charge in [0.25, 0.3) is 0 Å². The monoisotopic (exact) mass is 273 g/mol. The Hall–Kier alpha value is -1.16. The van der Waals surface area contributed by atoms with Crippen molar-refractivity contribution >= 4 is 21.6 Å². The van der Waals surface area contributed by atoms with Gasteiger partial charge in [0.1, 0.15) is 4.90 Å². The molecule has 0 aliphatic heterocycles. The van der Waals surface area contributed by atoms with Crippen molar-refractivity contribution in [1.82, 2.24) is 9.29 Å². The molecular formula is C10H12ClN3O2S. The molecule has 92 valence electrons. The van der Waals surface area contributed by atoms with Crippen LogP contribution in [0, 0.1) is 11.3 Å². The lowest BCUT2D eigenvalue weighted by molar-refractivity contribution is 0.393. The lowest BCUT2D eigenvalue weighted by atomic mass is 10.3. The van der Waals surface area contributed by atoms with Crippen LogP contribution in [0.1, 0.15) is 13.3 Å². The Bertz CT molecular complexity index is 539. The van der Waals surface area contributed by atoms with Crippen LogP contribution in [0.15, 0.2) is 23.4 Å². The van der Waals surface area contributed by atoms with Gasteiger partial charge in [0, 0.05) is 25.5 Å². The summed E-state index contributed by atoms with van der Waals surface area (Å²) in [5.41, 5.74) is 0. The van der Waals surface area contributed by atoms with E-state index in [1.807, 2.05) is 6.07 Å². The van der Waals surface area contributed by atoms with Crippen molar-refractivity contribution in [3.8, 4) is 6.07 Å². The molecule has 0 fully saturated rings. The number of sulfonamides is 1. The maximum absolute atomic E-state index is 12.2. The Labute approximate surface area is 106 Å². The molecule has 17 heavy (non-hydrogen) atoms. The lowest BCUT2D eigenvalue weighted by Crippen LogP contribution is -2.35. The van der Waals surface area contributed by atoms with Gasteiger partial charge in [0.2, 0.25) is 10.0 Å². The first-order valence-corrected chi connectivity index (χ1v) is 6.67. The fourth-order valence-corrected chi connectivity index (χ4v) is 2.97. The van der Waals surface area contributed by atoms with Gasteiger partial charge in [-0.05, 0) is 13.0 Å². The minimum Gasteiger partial charge on any atom is -0.263 e. The highest BCUT2D eigenvalue weighted by molar-refractivity contribution is 7.89. The average Bonchev–Trinajstić information content (AvgIpc) is 2.28. The molecule has 0 saturated carbocycles. The number of aromatic nitrogens is 1. The van der Waals surface area contributed by atoms with Crippen molar-refractivity contribution in [2.45, 2.75) is 24.3 Å². The van der Waals surface area contributed by atoms with Gasteiger partial charge < -0.3 is 0 Å². The van der Waals surface area contributed by atoms with Gasteiger partial charge in [0.05, 0.1) is 17.5 Å². The Morgan fingerprint density at radius 1 is 1.65 bits per heavy atom. The Balaban J connectivity index is 3.13. The van der Waals surface area contributed by atoms with Gasteiger partial charge >= 0.3 is 0 Å². The molecule has 0 aliphatic carbocycles. The van der Waals surface area contributed by atoms with Crippen molar-refractivity contribution < 1.29 is 8.42 Å². The SMILES string of the molecule is CC(CC#N)N(C)S(=O)(=O)c1cnccc1Cl. The molecule has 1 unspecified atom stereocenters. The van der Waals surface area contributed by atoms with Crippen LogP contribution in [-0.4, -0.2) is 30.8 Å². The van der Waals surface area contributed by atoms with E-state index in [4.69, 9.17) is 16.9 Å². The number of rotatable bonds is 4. The molecule has 0 radical (unpaired) electrons. The third-order valence-corrected chi connectivity index (χ3v) is 4.84. The van der Waals surface area contributed by atoms with Gasteiger partial charge in [-0.25, -0.2) is 8.42 Å². The number of hydrogen-bond acceptors (Lipinski definition) is 4. The van der Waals surface area contributed by atoms with Crippen LogP contribution < -0.4 is 0 Å². The summed E-state index contributed by atoms with van der Waals surface area (Å²) in [6, 6.07) is 2.93. The molecule has 0 aliphatic rings. The quantitative estimate of drug-likeness (QED) is 0.836. The molecule has 0 amide bonds. The minimum absolute atomic E-state index is 0.0473. The highest BCUT2D eigenvalue weighted by Crippen LogP contribution is 2.23. The first-order valence-electron chi connectivity index (χ1n) is 4.85. The van der Waals surface area contributed by atoms with Crippen LogP contribution in [0.5, 0.6) is 0 Å². The standard InChI is InChI=1S/C10H12ClN3O2S/c1-8(3-5-12)14(2)17(15,16)10-7-13-6-4-9(10)11/h4,6-8H,3H2,1-2H3. The van der Waals surface area contributed by atoms with E-state index in [0.717, 1.165) is 4.31 Å². The van der Waals surface area contributed by atoms with Gasteiger partial charge in [-0.1, -0.05) is 11.6 Å². The fourth-order valence-electron chi connectivity index (χ4n) is 1.21. The molecule has 0 spiro atoms. The van der Waals surface area contributed by atoms with E-state index in [0.29, 0.717) is 0 Å². The summed E-state index contributed by atoms with van der Waals surface area (Å²) in [7, 11) is -2.29. The Kier molecular flexibility index (Phi) is 4.46. The van der Waals surface area contributed by atoms with E-state index < -0.39 is 16.1 Å². The van der Waals surface area contributed by atoms with Crippen LogP contribution in [0.25, 0.3) is 0 Å². The summed E-state index contributed by atoms with van der Waals surface area (Å²) in [6.07, 6.45) is 2.74. The molecule has 1 rings (SSSR count). The summed E-state index contributed by atoms with van der Waals surface area (Å²) in [4.78, 5) is 3.70. The topological polar surface area (TPSA) is 74.1 Å². The van der Waals surface area contributed by atoms with Crippen molar-refractivity contribution in [1.29, 1.82) is 5.26 Å². The zero-order valence-electron chi connectivity index (χ0n) is 9.46. The second-order valence-corrected chi connectivity index (χ2v) is 5.91. The molecule has 1 atom stereocenters. The third-order valence-electron chi connectivity index (χ3n) is 2.40.